The number of nitrogens with one attached hydrogen (secondary N) is 1. The van der Waals surface area contributed by atoms with Crippen molar-refractivity contribution in [2.75, 3.05) is 17.3 Å². The molecule has 2 aliphatic rings. The third kappa shape index (κ3) is 2.86. The van der Waals surface area contributed by atoms with E-state index in [1.54, 1.807) is 23.5 Å². The summed E-state index contributed by atoms with van der Waals surface area (Å²) >= 11 is 3.33. The molecule has 0 radical (unpaired) electrons. The zero-order chi connectivity index (χ0) is 15.6. The van der Waals surface area contributed by atoms with E-state index >= 15 is 0 Å². The van der Waals surface area contributed by atoms with Crippen LogP contribution in [0.3, 0.4) is 0 Å². The Kier molecular flexibility index (Phi) is 4.05. The third-order valence-corrected chi connectivity index (χ3v) is 5.59. The van der Waals surface area contributed by atoms with E-state index in [0.29, 0.717) is 0 Å². The second-order valence-corrected chi connectivity index (χ2v) is 7.17. The molecule has 4 rings (SSSR count). The maximum Gasteiger partial charge on any atom is 0.227 e. The monoisotopic (exact) mass is 344 g/mol. The van der Waals surface area contributed by atoms with Crippen LogP contribution in [0.5, 0.6) is 5.75 Å². The molecule has 0 amide bonds. The Morgan fingerprint density at radius 1 is 1.52 bits per heavy atom. The highest BCUT2D eigenvalue weighted by atomic mass is 32.2. The van der Waals surface area contributed by atoms with Crippen LogP contribution in [0.4, 0.5) is 5.95 Å². The van der Waals surface area contributed by atoms with E-state index in [0.717, 1.165) is 35.6 Å². The van der Waals surface area contributed by atoms with Gasteiger partial charge < -0.3 is 9.64 Å². The highest BCUT2D eigenvalue weighted by Crippen LogP contribution is 2.42. The number of benzene rings is 1. The number of hydrogen-bond donors (Lipinski definition) is 1. The second kappa shape index (κ2) is 6.33. The fourth-order valence-electron chi connectivity index (χ4n) is 2.65. The molecule has 2 aromatic rings. The minimum absolute atomic E-state index is 0.172. The Bertz CT molecular complexity index is 758. The number of aromatic amines is 1. The summed E-state index contributed by atoms with van der Waals surface area (Å²) in [5, 5.41) is 10.3. The summed E-state index contributed by atoms with van der Waals surface area (Å²) in [6.45, 7) is 4.50. The molecule has 1 aromatic carbocycles. The Morgan fingerprint density at radius 2 is 2.48 bits per heavy atom. The van der Waals surface area contributed by atoms with Gasteiger partial charge in [0.25, 0.3) is 0 Å². The number of aromatic nitrogens is 3. The first-order valence-corrected chi connectivity index (χ1v) is 9.30. The number of nitrogens with zero attached hydrogens (tertiary/aromatic N) is 3. The molecule has 0 saturated heterocycles. The van der Waals surface area contributed by atoms with Gasteiger partial charge in [0.1, 0.15) is 11.1 Å². The van der Waals surface area contributed by atoms with E-state index in [1.807, 2.05) is 12.3 Å². The summed E-state index contributed by atoms with van der Waals surface area (Å²) in [7, 11) is 0. The Labute approximate surface area is 143 Å². The van der Waals surface area contributed by atoms with E-state index in [-0.39, 0.29) is 5.37 Å². The molecule has 0 saturated carbocycles. The number of rotatable bonds is 5. The largest absolute Gasteiger partial charge is 0.493 e. The fourth-order valence-corrected chi connectivity index (χ4v) is 4.14. The van der Waals surface area contributed by atoms with E-state index in [2.05, 4.69) is 50.3 Å². The summed E-state index contributed by atoms with van der Waals surface area (Å²) < 4.78 is 5.59. The predicted molar refractivity (Wildman–Crippen MR) is 94.9 cm³/mol. The van der Waals surface area contributed by atoms with Crippen LogP contribution in [-0.2, 0) is 6.42 Å². The molecule has 0 spiro atoms. The summed E-state index contributed by atoms with van der Waals surface area (Å²) in [6, 6.07) is 6.44. The topological polar surface area (TPSA) is 54.0 Å². The lowest BCUT2D eigenvalue weighted by Gasteiger charge is -2.22. The molecular formula is C16H16N4OS2. The zero-order valence-corrected chi connectivity index (χ0v) is 14.1. The smallest absolute Gasteiger partial charge is 0.227 e. The van der Waals surface area contributed by atoms with Crippen LogP contribution in [0.1, 0.15) is 16.5 Å². The fraction of sp³-hybridized carbons (Fsp3) is 0.250. The van der Waals surface area contributed by atoms with Crippen molar-refractivity contribution in [2.24, 2.45) is 0 Å². The number of H-pyrrole nitrogens is 1. The van der Waals surface area contributed by atoms with Gasteiger partial charge in [0, 0.05) is 18.4 Å². The van der Waals surface area contributed by atoms with Crippen LogP contribution >= 0.6 is 23.5 Å². The molecule has 0 aliphatic carbocycles. The molecule has 1 atom stereocenters. The quantitative estimate of drug-likeness (QED) is 0.659. The van der Waals surface area contributed by atoms with Gasteiger partial charge >= 0.3 is 0 Å². The molecule has 1 aromatic heterocycles. The number of fused-ring (bicyclic) bond motifs is 1. The van der Waals surface area contributed by atoms with E-state index in [1.165, 1.54) is 11.1 Å². The van der Waals surface area contributed by atoms with E-state index in [9.17, 15) is 0 Å². The number of thioether (sulfide) groups is 2. The molecule has 118 valence electrons. The van der Waals surface area contributed by atoms with Gasteiger partial charge in [-0.2, -0.15) is 4.98 Å². The van der Waals surface area contributed by atoms with Crippen LogP contribution in [0.15, 0.2) is 47.6 Å². The van der Waals surface area contributed by atoms with E-state index < -0.39 is 0 Å². The lowest BCUT2D eigenvalue weighted by molar-refractivity contribution is 0.357. The first kappa shape index (κ1) is 14.7. The number of anilines is 1. The van der Waals surface area contributed by atoms with Gasteiger partial charge in [-0.15, -0.1) is 23.4 Å². The number of ether oxygens (including phenoxy) is 1. The minimum Gasteiger partial charge on any atom is -0.493 e. The van der Waals surface area contributed by atoms with Crippen molar-refractivity contribution >= 4 is 29.5 Å². The van der Waals surface area contributed by atoms with Gasteiger partial charge in [0.15, 0.2) is 0 Å². The molecule has 0 fully saturated rings. The van der Waals surface area contributed by atoms with Crippen molar-refractivity contribution in [1.29, 1.82) is 0 Å². The first-order chi connectivity index (χ1) is 11.3. The molecule has 1 N–H and O–H groups in total. The summed E-state index contributed by atoms with van der Waals surface area (Å²) in [5.74, 6) is 2.58. The van der Waals surface area contributed by atoms with Crippen LogP contribution in [0.2, 0.25) is 0 Å². The lowest BCUT2D eigenvalue weighted by atomic mass is 10.1. The average molecular weight is 344 g/mol. The number of hydrogen-bond acceptors (Lipinski definition) is 6. The van der Waals surface area contributed by atoms with Crippen LogP contribution in [-0.4, -0.2) is 27.5 Å². The predicted octanol–water partition coefficient (Wildman–Crippen LogP) is 3.74. The van der Waals surface area contributed by atoms with Gasteiger partial charge in [0.05, 0.1) is 6.61 Å². The summed E-state index contributed by atoms with van der Waals surface area (Å²) in [6.07, 6.45) is 4.88. The molecule has 7 heteroatoms. The van der Waals surface area contributed by atoms with Crippen molar-refractivity contribution in [3.8, 4) is 5.75 Å². The Hall–Kier alpha value is -1.86. The van der Waals surface area contributed by atoms with Crippen molar-refractivity contribution in [3.05, 3.63) is 53.6 Å². The van der Waals surface area contributed by atoms with E-state index in [4.69, 9.17) is 4.74 Å². The SMILES string of the molecule is C=CCSc1n[nH]c(N2C=CSC2c2ccc3c(c2)CCO3)n1. The molecule has 5 nitrogen and oxygen atoms in total. The standard InChI is InChI=1S/C16H16N4OS2/c1-2-8-23-16-17-15(18-19-16)20-6-9-22-14(20)12-3-4-13-11(10-12)5-7-21-13/h2-4,6,9-10,14H,1,5,7-8H2,(H,17,18,19). The lowest BCUT2D eigenvalue weighted by Crippen LogP contribution is -2.18. The molecule has 2 aliphatic heterocycles. The molecular weight excluding hydrogens is 328 g/mol. The summed E-state index contributed by atoms with van der Waals surface area (Å²) in [4.78, 5) is 6.68. The molecule has 1 unspecified atom stereocenters. The maximum atomic E-state index is 5.59. The molecule has 3 heterocycles. The third-order valence-electron chi connectivity index (χ3n) is 3.71. The second-order valence-electron chi connectivity index (χ2n) is 5.19. The van der Waals surface area contributed by atoms with Crippen molar-refractivity contribution in [1.82, 2.24) is 15.2 Å². The normalized spacial score (nSPS) is 19.0. The zero-order valence-electron chi connectivity index (χ0n) is 12.4. The minimum atomic E-state index is 0.172. The van der Waals surface area contributed by atoms with Gasteiger partial charge in [-0.1, -0.05) is 23.9 Å². The molecule has 0 bridgehead atoms. The van der Waals surface area contributed by atoms with Gasteiger partial charge in [-0.05, 0) is 28.7 Å². The highest BCUT2D eigenvalue weighted by molar-refractivity contribution is 8.02. The van der Waals surface area contributed by atoms with Crippen molar-refractivity contribution in [2.45, 2.75) is 17.0 Å². The first-order valence-electron chi connectivity index (χ1n) is 7.37. The maximum absolute atomic E-state index is 5.59. The van der Waals surface area contributed by atoms with Crippen molar-refractivity contribution in [3.63, 3.8) is 0 Å². The van der Waals surface area contributed by atoms with Gasteiger partial charge in [-0.25, -0.2) is 5.10 Å². The van der Waals surface area contributed by atoms with Gasteiger partial charge in [-0.3, -0.25) is 0 Å². The van der Waals surface area contributed by atoms with Gasteiger partial charge in [0.2, 0.25) is 11.1 Å². The Morgan fingerprint density at radius 3 is 3.39 bits per heavy atom. The van der Waals surface area contributed by atoms with Crippen molar-refractivity contribution < 1.29 is 4.74 Å². The average Bonchev–Trinajstić information content (AvgIpc) is 3.30. The Balaban J connectivity index is 1.57. The molecule has 23 heavy (non-hydrogen) atoms. The van der Waals surface area contributed by atoms with Crippen LogP contribution in [0.25, 0.3) is 0 Å². The highest BCUT2D eigenvalue weighted by Gasteiger charge is 2.27. The van der Waals surface area contributed by atoms with Crippen LogP contribution < -0.4 is 9.64 Å². The van der Waals surface area contributed by atoms with Crippen LogP contribution in [0, 0.1) is 0 Å². The summed E-state index contributed by atoms with van der Waals surface area (Å²) in [5.41, 5.74) is 2.54.